The van der Waals surface area contributed by atoms with E-state index in [0.717, 1.165) is 23.0 Å². The first-order valence-electron chi connectivity index (χ1n) is 9.72. The molecule has 1 N–H and O–H groups in total. The average molecular weight is 389 g/mol. The molecule has 2 atom stereocenters. The molecule has 146 valence electrons. The summed E-state index contributed by atoms with van der Waals surface area (Å²) in [6, 6.07) is 10.2. The van der Waals surface area contributed by atoms with Crippen molar-refractivity contribution >= 4 is 26.7 Å². The van der Waals surface area contributed by atoms with E-state index in [0.29, 0.717) is 31.8 Å². The third-order valence-corrected chi connectivity index (χ3v) is 8.77. The normalized spacial score (nSPS) is 26.9. The summed E-state index contributed by atoms with van der Waals surface area (Å²) in [5.41, 5.74) is 1.28. The molecule has 0 amide bonds. The smallest absolute Gasteiger partial charge is 0.212 e. The Morgan fingerprint density at radius 3 is 2.67 bits per heavy atom. The van der Waals surface area contributed by atoms with Crippen molar-refractivity contribution in [3.05, 3.63) is 36.0 Å². The molecule has 1 aromatic carbocycles. The van der Waals surface area contributed by atoms with E-state index in [1.807, 2.05) is 25.1 Å². The highest BCUT2D eigenvalue weighted by molar-refractivity contribution is 7.89. The number of aromatic nitrogens is 1. The molecule has 1 heterocycles. The number of para-hydroxylation sites is 1. The Labute approximate surface area is 161 Å². The highest BCUT2D eigenvalue weighted by Crippen LogP contribution is 2.64. The third-order valence-electron chi connectivity index (χ3n) is 7.25. The van der Waals surface area contributed by atoms with Crippen LogP contribution in [-0.2, 0) is 21.4 Å². The first-order chi connectivity index (χ1) is 12.7. The van der Waals surface area contributed by atoms with Gasteiger partial charge >= 0.3 is 0 Å². The van der Waals surface area contributed by atoms with Gasteiger partial charge in [0.2, 0.25) is 10.0 Å². The molecule has 2 aliphatic rings. The lowest BCUT2D eigenvalue weighted by atomic mass is 9.70. The van der Waals surface area contributed by atoms with Gasteiger partial charge < -0.3 is 4.57 Å². The van der Waals surface area contributed by atoms with Gasteiger partial charge in [0.15, 0.2) is 0 Å². The quantitative estimate of drug-likeness (QED) is 0.826. The largest absolute Gasteiger partial charge is 0.344 e. The van der Waals surface area contributed by atoms with Crippen molar-refractivity contribution < 1.29 is 13.2 Å². The predicted molar refractivity (Wildman–Crippen MR) is 107 cm³/mol. The monoisotopic (exact) mass is 388 g/mol. The van der Waals surface area contributed by atoms with Crippen LogP contribution in [0.1, 0.15) is 38.8 Å². The zero-order chi connectivity index (χ0) is 19.4. The maximum atomic E-state index is 12.8. The van der Waals surface area contributed by atoms with Crippen molar-refractivity contribution in [3.8, 4) is 0 Å². The molecule has 0 radical (unpaired) electrons. The molecule has 0 spiro atoms. The number of sulfonamides is 1. The van der Waals surface area contributed by atoms with Crippen LogP contribution < -0.4 is 4.72 Å². The van der Waals surface area contributed by atoms with Gasteiger partial charge in [0.1, 0.15) is 5.78 Å². The fourth-order valence-electron chi connectivity index (χ4n) is 5.44. The van der Waals surface area contributed by atoms with Crippen molar-refractivity contribution in [2.75, 3.05) is 12.3 Å². The summed E-state index contributed by atoms with van der Waals surface area (Å²) >= 11 is 0. The summed E-state index contributed by atoms with van der Waals surface area (Å²) in [6.07, 6.45) is 2.20. The molecule has 0 unspecified atom stereocenters. The number of hydrogen-bond acceptors (Lipinski definition) is 3. The zero-order valence-corrected chi connectivity index (χ0v) is 17.1. The van der Waals surface area contributed by atoms with Crippen LogP contribution in [0.25, 0.3) is 10.9 Å². The van der Waals surface area contributed by atoms with E-state index in [1.165, 1.54) is 0 Å². The Morgan fingerprint density at radius 1 is 1.26 bits per heavy atom. The minimum absolute atomic E-state index is 0.0757. The molecule has 0 saturated heterocycles. The van der Waals surface area contributed by atoms with E-state index in [4.69, 9.17) is 0 Å². The van der Waals surface area contributed by atoms with Gasteiger partial charge in [0.25, 0.3) is 0 Å². The summed E-state index contributed by atoms with van der Waals surface area (Å²) in [7, 11) is -3.52. The number of carbonyl (C=O) groups excluding carboxylic acids is 1. The van der Waals surface area contributed by atoms with E-state index in [2.05, 4.69) is 35.3 Å². The Hall–Kier alpha value is -1.66. The summed E-state index contributed by atoms with van der Waals surface area (Å²) < 4.78 is 30.5. The summed E-state index contributed by atoms with van der Waals surface area (Å²) in [5, 5.41) is 1.16. The van der Waals surface area contributed by atoms with Crippen LogP contribution in [0.5, 0.6) is 0 Å². The minimum Gasteiger partial charge on any atom is -0.344 e. The van der Waals surface area contributed by atoms with Gasteiger partial charge in [0, 0.05) is 36.1 Å². The van der Waals surface area contributed by atoms with Crippen LogP contribution in [0.2, 0.25) is 0 Å². The number of aryl methyl sites for hydroxylation is 1. The van der Waals surface area contributed by atoms with Crippen LogP contribution >= 0.6 is 0 Å². The highest BCUT2D eigenvalue weighted by atomic mass is 32.2. The number of nitrogens with one attached hydrogen (secondary N) is 1. The van der Waals surface area contributed by atoms with Crippen molar-refractivity contribution in [1.29, 1.82) is 0 Å². The second kappa shape index (κ2) is 6.17. The molecule has 4 rings (SSSR count). The number of rotatable bonds is 6. The highest BCUT2D eigenvalue weighted by Gasteiger charge is 2.65. The van der Waals surface area contributed by atoms with Gasteiger partial charge in [-0.25, -0.2) is 13.1 Å². The SMILES string of the molecule is Cc1cc2ccccc2n1CCNS(=O)(=O)C[C@]12CC[C@H](CC1=O)C2(C)C. The number of nitrogens with zero attached hydrogens (tertiary/aromatic N) is 1. The number of fused-ring (bicyclic) bond motifs is 3. The van der Waals surface area contributed by atoms with E-state index >= 15 is 0 Å². The van der Waals surface area contributed by atoms with Gasteiger partial charge in [0.05, 0.1) is 5.75 Å². The topological polar surface area (TPSA) is 68.2 Å². The predicted octanol–water partition coefficient (Wildman–Crippen LogP) is 3.26. The Kier molecular flexibility index (Phi) is 4.27. The Bertz CT molecular complexity index is 1010. The second-order valence-electron chi connectivity index (χ2n) is 8.82. The van der Waals surface area contributed by atoms with E-state index in [1.54, 1.807) is 0 Å². The molecule has 5 nitrogen and oxygen atoms in total. The van der Waals surface area contributed by atoms with Gasteiger partial charge in [-0.2, -0.15) is 0 Å². The summed E-state index contributed by atoms with van der Waals surface area (Å²) in [6.45, 7) is 7.08. The molecule has 27 heavy (non-hydrogen) atoms. The Morgan fingerprint density at radius 2 is 2.00 bits per heavy atom. The lowest BCUT2D eigenvalue weighted by molar-refractivity contribution is -0.128. The number of benzene rings is 1. The molecule has 6 heteroatoms. The molecule has 2 aromatic rings. The first kappa shape index (κ1) is 18.7. The van der Waals surface area contributed by atoms with E-state index in [-0.39, 0.29) is 17.0 Å². The van der Waals surface area contributed by atoms with Gasteiger partial charge in [-0.1, -0.05) is 32.0 Å². The molecule has 1 aromatic heterocycles. The van der Waals surface area contributed by atoms with Gasteiger partial charge in [-0.15, -0.1) is 0 Å². The number of Topliss-reactive ketones (excluding diaryl/α,β-unsaturated/α-hetero) is 1. The fraction of sp³-hybridized carbons (Fsp3) is 0.571. The van der Waals surface area contributed by atoms with Crippen molar-refractivity contribution in [2.45, 2.75) is 46.6 Å². The van der Waals surface area contributed by atoms with Crippen molar-refractivity contribution in [1.82, 2.24) is 9.29 Å². The summed E-state index contributed by atoms with van der Waals surface area (Å²) in [5.74, 6) is 0.392. The lowest BCUT2D eigenvalue weighted by Gasteiger charge is -2.36. The van der Waals surface area contributed by atoms with Gasteiger partial charge in [-0.05, 0) is 48.6 Å². The molecule has 2 fully saturated rings. The van der Waals surface area contributed by atoms with Crippen LogP contribution in [0.4, 0.5) is 0 Å². The number of ketones is 1. The number of carbonyl (C=O) groups is 1. The maximum Gasteiger partial charge on any atom is 0.212 e. The Balaban J connectivity index is 1.47. The van der Waals surface area contributed by atoms with Crippen LogP contribution in [-0.4, -0.2) is 31.1 Å². The maximum absolute atomic E-state index is 12.8. The second-order valence-corrected chi connectivity index (χ2v) is 10.6. The third kappa shape index (κ3) is 2.85. The molecule has 2 bridgehead atoms. The lowest BCUT2D eigenvalue weighted by Crippen LogP contribution is -2.45. The molecular weight excluding hydrogens is 360 g/mol. The van der Waals surface area contributed by atoms with Crippen LogP contribution in [0, 0.1) is 23.7 Å². The standard InChI is InChI=1S/C21H28N2O3S/c1-15-12-16-6-4-5-7-18(16)23(15)11-10-22-27(25,26)14-21-9-8-17(13-19(21)24)20(21,2)3/h4-7,12,17,22H,8-11,13-14H2,1-3H3/t17-,21-/m1/s1. The van der Waals surface area contributed by atoms with E-state index in [9.17, 15) is 13.2 Å². The molecule has 2 aliphatic carbocycles. The molecular formula is C21H28N2O3S. The fourth-order valence-corrected chi connectivity index (χ4v) is 7.27. The van der Waals surface area contributed by atoms with Gasteiger partial charge in [-0.3, -0.25) is 4.79 Å². The van der Waals surface area contributed by atoms with Crippen molar-refractivity contribution in [3.63, 3.8) is 0 Å². The van der Waals surface area contributed by atoms with Crippen LogP contribution in [0.3, 0.4) is 0 Å². The molecule has 2 saturated carbocycles. The van der Waals surface area contributed by atoms with E-state index < -0.39 is 15.4 Å². The van der Waals surface area contributed by atoms with Crippen molar-refractivity contribution in [2.24, 2.45) is 16.7 Å². The number of hydrogen-bond donors (Lipinski definition) is 1. The first-order valence-corrected chi connectivity index (χ1v) is 11.4. The van der Waals surface area contributed by atoms with Crippen LogP contribution in [0.15, 0.2) is 30.3 Å². The zero-order valence-electron chi connectivity index (χ0n) is 16.3. The molecule has 0 aliphatic heterocycles. The average Bonchev–Trinajstić information content (AvgIpc) is 3.09. The minimum atomic E-state index is -3.52. The summed E-state index contributed by atoms with van der Waals surface area (Å²) in [4.78, 5) is 12.6.